The molecule has 5 nitrogen and oxygen atoms in total. The summed E-state index contributed by atoms with van der Waals surface area (Å²) in [6.45, 7) is 7.38. The van der Waals surface area contributed by atoms with Crippen LogP contribution in [0.1, 0.15) is 43.1 Å². The molecule has 8 heteroatoms. The second-order valence-electron chi connectivity index (χ2n) is 8.67. The number of amides is 1. The van der Waals surface area contributed by atoms with E-state index < -0.39 is 11.6 Å². The summed E-state index contributed by atoms with van der Waals surface area (Å²) in [4.78, 5) is 23.3. The summed E-state index contributed by atoms with van der Waals surface area (Å²) >= 11 is 1.11. The van der Waals surface area contributed by atoms with Gasteiger partial charge in [-0.25, -0.2) is 18.7 Å². The highest BCUT2D eigenvalue weighted by Gasteiger charge is 2.23. The van der Waals surface area contributed by atoms with Gasteiger partial charge in [-0.05, 0) is 35.6 Å². The number of rotatable bonds is 6. The number of thiazole rings is 1. The van der Waals surface area contributed by atoms with Crippen LogP contribution in [0.25, 0.3) is 10.2 Å². The first kappa shape index (κ1) is 22.1. The van der Waals surface area contributed by atoms with E-state index in [4.69, 9.17) is 0 Å². The molecule has 0 atom stereocenters. The normalized spacial score (nSPS) is 11.8. The van der Waals surface area contributed by atoms with E-state index in [0.717, 1.165) is 23.0 Å². The van der Waals surface area contributed by atoms with Gasteiger partial charge in [0.15, 0.2) is 10.9 Å². The molecule has 0 bridgehead atoms. The number of nitrogens with zero attached hydrogens (tertiary/aromatic N) is 4. The van der Waals surface area contributed by atoms with Crippen molar-refractivity contribution in [3.05, 3.63) is 77.9 Å². The van der Waals surface area contributed by atoms with E-state index in [0.29, 0.717) is 34.9 Å². The maximum absolute atomic E-state index is 14.2. The van der Waals surface area contributed by atoms with Crippen LogP contribution < -0.4 is 4.90 Å². The molecule has 4 rings (SSSR count). The van der Waals surface area contributed by atoms with Crippen LogP contribution in [-0.4, -0.2) is 27.0 Å². The number of aromatic nitrogens is 3. The number of aryl methyl sites for hydroxylation is 1. The predicted octanol–water partition coefficient (Wildman–Crippen LogP) is 5.81. The third kappa shape index (κ3) is 4.70. The summed E-state index contributed by atoms with van der Waals surface area (Å²) < 4.78 is 30.2. The number of imidazole rings is 1. The third-order valence-electron chi connectivity index (χ3n) is 5.23. The smallest absolute Gasteiger partial charge is 0.260 e. The standard InChI is InChI=1S/C24H24F2N4OS/c1-24(2,3)17-7-5-16(6-8-17)22(31)30(11-4-10-29-12-9-27-15-29)23-28-21-19(26)13-18(25)14-20(21)32-23/h5-9,12-15H,4,10-11H2,1-3H3. The van der Waals surface area contributed by atoms with Crippen LogP contribution in [0.4, 0.5) is 13.9 Å². The lowest BCUT2D eigenvalue weighted by Crippen LogP contribution is -2.32. The van der Waals surface area contributed by atoms with Crippen molar-refractivity contribution in [1.82, 2.24) is 14.5 Å². The zero-order valence-electron chi connectivity index (χ0n) is 18.2. The first-order chi connectivity index (χ1) is 15.2. The largest absolute Gasteiger partial charge is 0.337 e. The molecule has 4 aromatic rings. The van der Waals surface area contributed by atoms with Crippen molar-refractivity contribution in [3.63, 3.8) is 0 Å². The van der Waals surface area contributed by atoms with Crippen molar-refractivity contribution in [3.8, 4) is 0 Å². The Hall–Kier alpha value is -3.13. The second-order valence-corrected chi connectivity index (χ2v) is 9.68. The van der Waals surface area contributed by atoms with E-state index in [1.165, 1.54) is 6.07 Å². The fourth-order valence-corrected chi connectivity index (χ4v) is 4.47. The van der Waals surface area contributed by atoms with E-state index in [2.05, 4.69) is 30.7 Å². The van der Waals surface area contributed by atoms with Crippen LogP contribution in [0.2, 0.25) is 0 Å². The Morgan fingerprint density at radius 2 is 1.91 bits per heavy atom. The molecule has 0 fully saturated rings. The van der Waals surface area contributed by atoms with Gasteiger partial charge in [-0.1, -0.05) is 44.2 Å². The maximum atomic E-state index is 14.2. The summed E-state index contributed by atoms with van der Waals surface area (Å²) in [5, 5.41) is 0.347. The number of carbonyl (C=O) groups excluding carboxylic acids is 1. The van der Waals surface area contributed by atoms with E-state index in [1.54, 1.807) is 29.6 Å². The van der Waals surface area contributed by atoms with E-state index in [9.17, 15) is 13.6 Å². The van der Waals surface area contributed by atoms with Gasteiger partial charge in [-0.15, -0.1) is 0 Å². The minimum absolute atomic E-state index is 0.0271. The molecule has 1 amide bonds. The molecule has 0 saturated carbocycles. The van der Waals surface area contributed by atoms with Crippen LogP contribution in [0.3, 0.4) is 0 Å². The first-order valence-electron chi connectivity index (χ1n) is 10.4. The third-order valence-corrected chi connectivity index (χ3v) is 6.26. The van der Waals surface area contributed by atoms with Gasteiger partial charge >= 0.3 is 0 Å². The van der Waals surface area contributed by atoms with Crippen LogP contribution in [0.15, 0.2) is 55.1 Å². The molecule has 2 heterocycles. The Kier molecular flexibility index (Phi) is 6.06. The van der Waals surface area contributed by atoms with Crippen LogP contribution in [-0.2, 0) is 12.0 Å². The molecule has 32 heavy (non-hydrogen) atoms. The highest BCUT2D eigenvalue weighted by molar-refractivity contribution is 7.22. The molecular weight excluding hydrogens is 430 g/mol. The Morgan fingerprint density at radius 1 is 1.16 bits per heavy atom. The number of carbonyl (C=O) groups is 1. The molecule has 0 aliphatic rings. The summed E-state index contributed by atoms with van der Waals surface area (Å²) in [5.41, 5.74) is 1.69. The Bertz CT molecular complexity index is 1230. The molecule has 0 radical (unpaired) electrons. The highest BCUT2D eigenvalue weighted by Crippen LogP contribution is 2.32. The average Bonchev–Trinajstić information content (AvgIpc) is 3.40. The SMILES string of the molecule is CC(C)(C)c1ccc(C(=O)N(CCCn2ccnc2)c2nc3c(F)cc(F)cc3s2)cc1. The molecule has 0 saturated heterocycles. The van der Waals surface area contributed by atoms with Gasteiger partial charge in [0.05, 0.1) is 11.0 Å². The first-order valence-corrected chi connectivity index (χ1v) is 11.2. The fraction of sp³-hybridized carbons (Fsp3) is 0.292. The zero-order chi connectivity index (χ0) is 22.9. The number of hydrogen-bond donors (Lipinski definition) is 0. The maximum Gasteiger partial charge on any atom is 0.260 e. The zero-order valence-corrected chi connectivity index (χ0v) is 19.0. The van der Waals surface area contributed by atoms with Gasteiger partial charge in [-0.2, -0.15) is 0 Å². The van der Waals surface area contributed by atoms with Crippen molar-refractivity contribution in [1.29, 1.82) is 0 Å². The number of halogens is 2. The topological polar surface area (TPSA) is 51.0 Å². The number of anilines is 1. The lowest BCUT2D eigenvalue weighted by atomic mass is 9.86. The van der Waals surface area contributed by atoms with Crippen LogP contribution in [0.5, 0.6) is 0 Å². The Labute approximate surface area is 189 Å². The number of hydrogen-bond acceptors (Lipinski definition) is 4. The molecular formula is C24H24F2N4OS. The lowest BCUT2D eigenvalue weighted by molar-refractivity contribution is 0.0986. The second kappa shape index (κ2) is 8.78. The molecule has 166 valence electrons. The van der Waals surface area contributed by atoms with Gasteiger partial charge in [0.1, 0.15) is 11.3 Å². The van der Waals surface area contributed by atoms with Crippen molar-refractivity contribution in [2.75, 3.05) is 11.4 Å². The minimum atomic E-state index is -0.733. The summed E-state index contributed by atoms with van der Waals surface area (Å²) in [7, 11) is 0. The molecule has 0 unspecified atom stereocenters. The lowest BCUT2D eigenvalue weighted by Gasteiger charge is -2.22. The Balaban J connectivity index is 1.65. The highest BCUT2D eigenvalue weighted by atomic mass is 32.1. The molecule has 2 aromatic heterocycles. The van der Waals surface area contributed by atoms with Gasteiger partial charge in [0.25, 0.3) is 5.91 Å². The van der Waals surface area contributed by atoms with E-state index in [-0.39, 0.29) is 16.8 Å². The molecule has 0 spiro atoms. The van der Waals surface area contributed by atoms with E-state index >= 15 is 0 Å². The van der Waals surface area contributed by atoms with Gasteiger partial charge < -0.3 is 4.57 Å². The summed E-state index contributed by atoms with van der Waals surface area (Å²) in [5.74, 6) is -1.63. The van der Waals surface area contributed by atoms with Crippen molar-refractivity contribution in [2.45, 2.75) is 39.2 Å². The average molecular weight is 455 g/mol. The van der Waals surface area contributed by atoms with Crippen molar-refractivity contribution >= 4 is 32.6 Å². The van der Waals surface area contributed by atoms with Gasteiger partial charge in [0.2, 0.25) is 0 Å². The molecule has 0 aliphatic heterocycles. The minimum Gasteiger partial charge on any atom is -0.337 e. The molecule has 0 N–H and O–H groups in total. The van der Waals surface area contributed by atoms with Gasteiger partial charge in [0, 0.05) is 37.1 Å². The van der Waals surface area contributed by atoms with E-state index in [1.807, 2.05) is 22.9 Å². The quantitative estimate of drug-likeness (QED) is 0.370. The number of fused-ring (bicyclic) bond motifs is 1. The molecule has 2 aromatic carbocycles. The molecule has 0 aliphatic carbocycles. The van der Waals surface area contributed by atoms with Gasteiger partial charge in [-0.3, -0.25) is 9.69 Å². The Morgan fingerprint density at radius 3 is 2.56 bits per heavy atom. The van der Waals surface area contributed by atoms with Crippen LogP contribution in [0, 0.1) is 11.6 Å². The monoisotopic (exact) mass is 454 g/mol. The van der Waals surface area contributed by atoms with Crippen LogP contribution >= 0.6 is 11.3 Å². The summed E-state index contributed by atoms with van der Waals surface area (Å²) in [6, 6.07) is 9.56. The number of benzene rings is 2. The fourth-order valence-electron chi connectivity index (χ4n) is 3.44. The summed E-state index contributed by atoms with van der Waals surface area (Å²) in [6.07, 6.45) is 5.92. The van der Waals surface area contributed by atoms with Crippen molar-refractivity contribution < 1.29 is 13.6 Å². The predicted molar refractivity (Wildman–Crippen MR) is 123 cm³/mol. The van der Waals surface area contributed by atoms with Crippen molar-refractivity contribution in [2.24, 2.45) is 0 Å².